The normalized spacial score (nSPS) is 12.0. The second-order valence-electron chi connectivity index (χ2n) is 5.57. The number of rotatable bonds is 9. The molecule has 0 saturated heterocycles. The Bertz CT molecular complexity index is 612. The number of thioether (sulfide) groups is 1. The first-order valence-electron chi connectivity index (χ1n) is 7.26. The second-order valence-corrected chi connectivity index (χ2v) is 7.50. The van der Waals surface area contributed by atoms with Crippen molar-refractivity contribution in [3.63, 3.8) is 0 Å². The SMILES string of the molecule is CN(C)Cc1ccc(CSCCNc2n[s+]([O-])nc2N(C)C)o1. The fourth-order valence-electron chi connectivity index (χ4n) is 1.97. The summed E-state index contributed by atoms with van der Waals surface area (Å²) in [5.41, 5.74) is 0. The van der Waals surface area contributed by atoms with Crippen LogP contribution >= 0.6 is 22.9 Å². The molecule has 2 rings (SSSR count). The molecule has 2 aromatic rings. The van der Waals surface area contributed by atoms with Crippen molar-refractivity contribution in [2.75, 3.05) is 50.7 Å². The molecule has 0 amide bonds. The third-order valence-corrected chi connectivity index (χ3v) is 4.59. The highest BCUT2D eigenvalue weighted by Gasteiger charge is 2.16. The summed E-state index contributed by atoms with van der Waals surface area (Å²) in [6, 6.07) is 4.05. The van der Waals surface area contributed by atoms with Gasteiger partial charge in [0.1, 0.15) is 11.5 Å². The maximum Gasteiger partial charge on any atom is 0.234 e. The highest BCUT2D eigenvalue weighted by molar-refractivity contribution is 7.98. The van der Waals surface area contributed by atoms with E-state index in [0.29, 0.717) is 11.6 Å². The zero-order valence-electron chi connectivity index (χ0n) is 13.9. The highest BCUT2D eigenvalue weighted by atomic mass is 32.2. The third-order valence-electron chi connectivity index (χ3n) is 2.94. The molecule has 9 heteroatoms. The van der Waals surface area contributed by atoms with Gasteiger partial charge in [-0.3, -0.25) is 0 Å². The monoisotopic (exact) mass is 357 g/mol. The minimum absolute atomic E-state index is 0.597. The van der Waals surface area contributed by atoms with Gasteiger partial charge in [-0.25, -0.2) is 0 Å². The van der Waals surface area contributed by atoms with Crippen LogP contribution in [-0.4, -0.2) is 58.7 Å². The first-order chi connectivity index (χ1) is 11.0. The molecule has 0 radical (unpaired) electrons. The van der Waals surface area contributed by atoms with Crippen LogP contribution in [0.15, 0.2) is 16.5 Å². The van der Waals surface area contributed by atoms with E-state index in [2.05, 4.69) is 19.0 Å². The molecule has 0 bridgehead atoms. The molecule has 7 nitrogen and oxygen atoms in total. The number of aromatic nitrogens is 2. The molecule has 0 aliphatic rings. The topological polar surface area (TPSA) is 80.5 Å². The second kappa shape index (κ2) is 8.53. The standard InChI is InChI=1S/C14H23N5O2S2/c1-18(2)9-11-5-6-12(21-11)10-22-8-7-15-13-14(19(3)4)17-23(20)16-13/h5-6H,7-10H2,1-4H3,(H,15,16). The molecular weight excluding hydrogens is 334 g/mol. The zero-order chi connectivity index (χ0) is 16.8. The van der Waals surface area contributed by atoms with E-state index in [9.17, 15) is 4.55 Å². The summed E-state index contributed by atoms with van der Waals surface area (Å²) in [5, 5.41) is 3.19. The number of nitrogens with zero attached hydrogens (tertiary/aromatic N) is 4. The Morgan fingerprint density at radius 1 is 1.22 bits per heavy atom. The molecule has 2 aromatic heterocycles. The summed E-state index contributed by atoms with van der Waals surface area (Å²) in [4.78, 5) is 3.88. The van der Waals surface area contributed by atoms with Gasteiger partial charge in [0.2, 0.25) is 11.6 Å². The Kier molecular flexibility index (Phi) is 6.70. The molecule has 128 valence electrons. The molecule has 0 aliphatic carbocycles. The zero-order valence-corrected chi connectivity index (χ0v) is 15.5. The average molecular weight is 358 g/mol. The Morgan fingerprint density at radius 2 is 1.96 bits per heavy atom. The van der Waals surface area contributed by atoms with Gasteiger partial charge in [0.25, 0.3) is 0 Å². The fraction of sp³-hybridized carbons (Fsp3) is 0.571. The lowest BCUT2D eigenvalue weighted by Crippen LogP contribution is -2.13. The van der Waals surface area contributed by atoms with E-state index in [0.717, 1.165) is 36.1 Å². The summed E-state index contributed by atoms with van der Waals surface area (Å²) < 4.78 is 25.1. The number of hydrogen-bond acceptors (Lipinski definition) is 8. The fourth-order valence-corrected chi connectivity index (χ4v) is 3.46. The minimum Gasteiger partial charge on any atom is -0.546 e. The highest BCUT2D eigenvalue weighted by Crippen LogP contribution is 2.24. The van der Waals surface area contributed by atoms with Crippen molar-refractivity contribution < 1.29 is 8.97 Å². The van der Waals surface area contributed by atoms with Crippen molar-refractivity contribution in [2.24, 2.45) is 0 Å². The van der Waals surface area contributed by atoms with E-state index < -0.39 is 11.1 Å². The molecule has 0 aromatic carbocycles. The van der Waals surface area contributed by atoms with Gasteiger partial charge < -0.3 is 24.1 Å². The smallest absolute Gasteiger partial charge is 0.234 e. The van der Waals surface area contributed by atoms with Crippen LogP contribution in [0.2, 0.25) is 0 Å². The molecule has 1 N–H and O–H groups in total. The summed E-state index contributed by atoms with van der Waals surface area (Å²) >= 11 is 0.281. The van der Waals surface area contributed by atoms with Gasteiger partial charge in [-0.15, -0.1) is 0 Å². The van der Waals surface area contributed by atoms with Crippen LogP contribution in [0, 0.1) is 0 Å². The largest absolute Gasteiger partial charge is 0.546 e. The van der Waals surface area contributed by atoms with Crippen molar-refractivity contribution in [1.82, 2.24) is 13.6 Å². The summed E-state index contributed by atoms with van der Waals surface area (Å²) in [7, 11) is 7.75. The summed E-state index contributed by atoms with van der Waals surface area (Å²) in [6.45, 7) is 1.55. The van der Waals surface area contributed by atoms with Crippen LogP contribution in [0.5, 0.6) is 0 Å². The summed E-state index contributed by atoms with van der Waals surface area (Å²) in [6.07, 6.45) is 0. The first-order valence-corrected chi connectivity index (χ1v) is 9.48. The van der Waals surface area contributed by atoms with Gasteiger partial charge in [0, 0.05) is 35.1 Å². The average Bonchev–Trinajstić information content (AvgIpc) is 3.04. The van der Waals surface area contributed by atoms with Gasteiger partial charge in [-0.1, -0.05) is 0 Å². The minimum atomic E-state index is -1.50. The van der Waals surface area contributed by atoms with Crippen molar-refractivity contribution >= 4 is 34.5 Å². The Morgan fingerprint density at radius 3 is 2.65 bits per heavy atom. The molecule has 1 atom stereocenters. The van der Waals surface area contributed by atoms with E-state index in [-0.39, 0.29) is 0 Å². The van der Waals surface area contributed by atoms with Crippen LogP contribution in [0.3, 0.4) is 0 Å². The van der Waals surface area contributed by atoms with Crippen molar-refractivity contribution in [3.8, 4) is 0 Å². The number of anilines is 2. The predicted octanol–water partition coefficient (Wildman–Crippen LogP) is 2.27. The molecule has 2 heterocycles. The molecule has 0 spiro atoms. The van der Waals surface area contributed by atoms with Crippen molar-refractivity contribution in [3.05, 3.63) is 23.7 Å². The molecule has 0 aliphatic heterocycles. The van der Waals surface area contributed by atoms with Gasteiger partial charge in [-0.05, 0) is 26.2 Å². The predicted molar refractivity (Wildman–Crippen MR) is 95.8 cm³/mol. The lowest BCUT2D eigenvalue weighted by molar-refractivity contribution is 0.344. The van der Waals surface area contributed by atoms with E-state index in [1.54, 1.807) is 16.7 Å². The summed E-state index contributed by atoms with van der Waals surface area (Å²) in [5.74, 6) is 4.94. The quantitative estimate of drug-likeness (QED) is 0.541. The molecule has 23 heavy (non-hydrogen) atoms. The Labute approximate surface area is 144 Å². The van der Waals surface area contributed by atoms with Crippen LogP contribution in [0.4, 0.5) is 11.6 Å². The number of hydrogen-bond donors (Lipinski definition) is 1. The van der Waals surface area contributed by atoms with Crippen LogP contribution in [0.1, 0.15) is 11.5 Å². The van der Waals surface area contributed by atoms with Crippen molar-refractivity contribution in [2.45, 2.75) is 12.3 Å². The van der Waals surface area contributed by atoms with Gasteiger partial charge >= 0.3 is 0 Å². The van der Waals surface area contributed by atoms with Gasteiger partial charge in [0.05, 0.1) is 12.3 Å². The Hall–Kier alpha value is -1.29. The molecule has 1 unspecified atom stereocenters. The van der Waals surface area contributed by atoms with E-state index in [1.807, 2.05) is 40.3 Å². The number of furan rings is 1. The van der Waals surface area contributed by atoms with E-state index >= 15 is 0 Å². The van der Waals surface area contributed by atoms with Gasteiger partial charge in [-0.2, -0.15) is 11.8 Å². The van der Waals surface area contributed by atoms with Crippen LogP contribution < -0.4 is 10.2 Å². The van der Waals surface area contributed by atoms with Crippen molar-refractivity contribution in [1.29, 1.82) is 0 Å². The number of nitrogens with one attached hydrogen (secondary N) is 1. The maximum atomic E-state index is 11.4. The lowest BCUT2D eigenvalue weighted by Gasteiger charge is -2.08. The molecular formula is C14H23N5O2S2. The molecule has 0 saturated carbocycles. The van der Waals surface area contributed by atoms with Crippen LogP contribution in [-0.2, 0) is 12.3 Å². The van der Waals surface area contributed by atoms with E-state index in [4.69, 9.17) is 4.42 Å². The van der Waals surface area contributed by atoms with Crippen LogP contribution in [0.25, 0.3) is 0 Å². The lowest BCUT2D eigenvalue weighted by atomic mass is 10.4. The first kappa shape index (κ1) is 18.1. The third kappa shape index (κ3) is 5.69. The maximum absolute atomic E-state index is 11.4. The molecule has 0 fully saturated rings. The Balaban J connectivity index is 1.71. The van der Waals surface area contributed by atoms with E-state index in [1.165, 1.54) is 0 Å². The van der Waals surface area contributed by atoms with Gasteiger partial charge in [0.15, 0.2) is 11.1 Å².